The third-order valence-corrected chi connectivity index (χ3v) is 4.21. The number of aromatic hydroxyl groups is 1. The fourth-order valence-corrected chi connectivity index (χ4v) is 2.74. The normalized spacial score (nSPS) is 16.9. The van der Waals surface area contributed by atoms with Crippen molar-refractivity contribution in [2.45, 2.75) is 33.6 Å². The number of piperidine rings is 1. The Morgan fingerprint density at radius 3 is 2.47 bits per heavy atom. The summed E-state index contributed by atoms with van der Waals surface area (Å²) in [5.41, 5.74) is 1.43. The van der Waals surface area contributed by atoms with Crippen molar-refractivity contribution in [2.24, 2.45) is 11.8 Å². The van der Waals surface area contributed by atoms with Crippen molar-refractivity contribution in [2.75, 3.05) is 13.1 Å². The summed E-state index contributed by atoms with van der Waals surface area (Å²) in [5, 5.41) is 9.51. The van der Waals surface area contributed by atoms with Gasteiger partial charge in [0.25, 0.3) is 5.91 Å². The highest BCUT2D eigenvalue weighted by molar-refractivity contribution is 5.94. The maximum Gasteiger partial charge on any atom is 0.253 e. The maximum atomic E-state index is 12.4. The topological polar surface area (TPSA) is 40.5 Å². The van der Waals surface area contributed by atoms with E-state index in [1.807, 2.05) is 11.8 Å². The Morgan fingerprint density at radius 1 is 1.32 bits per heavy atom. The summed E-state index contributed by atoms with van der Waals surface area (Å²) in [6.07, 6.45) is 2.20. The molecule has 3 heteroatoms. The Balaban J connectivity index is 2.03. The van der Waals surface area contributed by atoms with Crippen molar-refractivity contribution in [3.63, 3.8) is 0 Å². The molecule has 1 aromatic rings. The molecule has 104 valence electrons. The molecule has 0 saturated carbocycles. The van der Waals surface area contributed by atoms with E-state index >= 15 is 0 Å². The average molecular weight is 261 g/mol. The quantitative estimate of drug-likeness (QED) is 0.888. The molecule has 0 aliphatic carbocycles. The van der Waals surface area contributed by atoms with Gasteiger partial charge in [0.2, 0.25) is 0 Å². The van der Waals surface area contributed by atoms with Crippen LogP contribution in [0.4, 0.5) is 0 Å². The van der Waals surface area contributed by atoms with Crippen LogP contribution in [0.15, 0.2) is 18.2 Å². The minimum Gasteiger partial charge on any atom is -0.508 e. The summed E-state index contributed by atoms with van der Waals surface area (Å²) in [6.45, 7) is 8.03. The molecule has 19 heavy (non-hydrogen) atoms. The number of aryl methyl sites for hydroxylation is 1. The predicted octanol–water partition coefficient (Wildman–Crippen LogP) is 3.21. The van der Waals surface area contributed by atoms with Crippen LogP contribution in [0.1, 0.15) is 42.6 Å². The van der Waals surface area contributed by atoms with Crippen LogP contribution in [-0.2, 0) is 0 Å². The van der Waals surface area contributed by atoms with Gasteiger partial charge in [0.05, 0.1) is 0 Å². The number of carbonyl (C=O) groups is 1. The molecule has 0 bridgehead atoms. The predicted molar refractivity (Wildman–Crippen MR) is 76.3 cm³/mol. The van der Waals surface area contributed by atoms with E-state index in [1.54, 1.807) is 18.2 Å². The molecule has 2 rings (SSSR count). The molecule has 1 N–H and O–H groups in total. The van der Waals surface area contributed by atoms with Crippen molar-refractivity contribution in [1.82, 2.24) is 4.90 Å². The SMILES string of the molecule is Cc1cc(C(=O)N2CCC(C(C)C)CC2)ccc1O. The largest absolute Gasteiger partial charge is 0.508 e. The zero-order chi connectivity index (χ0) is 14.0. The van der Waals surface area contributed by atoms with Gasteiger partial charge in [-0.05, 0) is 55.4 Å². The highest BCUT2D eigenvalue weighted by Crippen LogP contribution is 2.26. The summed E-state index contributed by atoms with van der Waals surface area (Å²) in [5.74, 6) is 1.78. The second-order valence-corrected chi connectivity index (χ2v) is 5.87. The first-order valence-corrected chi connectivity index (χ1v) is 7.08. The van der Waals surface area contributed by atoms with E-state index in [4.69, 9.17) is 0 Å². The molecule has 1 saturated heterocycles. The van der Waals surface area contributed by atoms with Crippen LogP contribution < -0.4 is 0 Å². The second kappa shape index (κ2) is 5.64. The number of hydrogen-bond donors (Lipinski definition) is 1. The van der Waals surface area contributed by atoms with Gasteiger partial charge in [0.1, 0.15) is 5.75 Å². The highest BCUT2D eigenvalue weighted by Gasteiger charge is 2.25. The van der Waals surface area contributed by atoms with Gasteiger partial charge < -0.3 is 10.0 Å². The monoisotopic (exact) mass is 261 g/mol. The van der Waals surface area contributed by atoms with Gasteiger partial charge in [-0.2, -0.15) is 0 Å². The fourth-order valence-electron chi connectivity index (χ4n) is 2.74. The number of benzene rings is 1. The molecule has 0 atom stereocenters. The molecular formula is C16H23NO2. The first kappa shape index (κ1) is 13.9. The number of likely N-dealkylation sites (tertiary alicyclic amines) is 1. The standard InChI is InChI=1S/C16H23NO2/c1-11(2)13-6-8-17(9-7-13)16(19)14-4-5-15(18)12(3)10-14/h4-5,10-11,13,18H,6-9H2,1-3H3. The van der Waals surface area contributed by atoms with Crippen LogP contribution >= 0.6 is 0 Å². The van der Waals surface area contributed by atoms with Crippen molar-refractivity contribution in [1.29, 1.82) is 0 Å². The molecule has 1 fully saturated rings. The van der Waals surface area contributed by atoms with Crippen molar-refractivity contribution in [3.8, 4) is 5.75 Å². The molecule has 0 aromatic heterocycles. The van der Waals surface area contributed by atoms with Gasteiger partial charge in [-0.1, -0.05) is 13.8 Å². The van der Waals surface area contributed by atoms with Gasteiger partial charge in [-0.25, -0.2) is 0 Å². The molecule has 0 unspecified atom stereocenters. The van der Waals surface area contributed by atoms with Crippen LogP contribution in [0, 0.1) is 18.8 Å². The van der Waals surface area contributed by atoms with E-state index < -0.39 is 0 Å². The van der Waals surface area contributed by atoms with Crippen LogP contribution in [0.2, 0.25) is 0 Å². The highest BCUT2D eigenvalue weighted by atomic mass is 16.3. The van der Waals surface area contributed by atoms with Gasteiger partial charge in [0.15, 0.2) is 0 Å². The lowest BCUT2D eigenvalue weighted by Gasteiger charge is -2.34. The zero-order valence-electron chi connectivity index (χ0n) is 12.0. The lowest BCUT2D eigenvalue weighted by atomic mass is 9.86. The molecule has 1 aliphatic heterocycles. The van der Waals surface area contributed by atoms with E-state index in [2.05, 4.69) is 13.8 Å². The number of carbonyl (C=O) groups excluding carboxylic acids is 1. The molecule has 1 aliphatic rings. The van der Waals surface area contributed by atoms with Crippen molar-refractivity contribution < 1.29 is 9.90 Å². The van der Waals surface area contributed by atoms with Crippen molar-refractivity contribution in [3.05, 3.63) is 29.3 Å². The Morgan fingerprint density at radius 2 is 1.95 bits per heavy atom. The molecule has 1 heterocycles. The Bertz CT molecular complexity index is 460. The number of hydrogen-bond acceptors (Lipinski definition) is 2. The Labute approximate surface area is 115 Å². The van der Waals surface area contributed by atoms with E-state index in [0.717, 1.165) is 37.4 Å². The lowest BCUT2D eigenvalue weighted by Crippen LogP contribution is -2.39. The van der Waals surface area contributed by atoms with E-state index in [0.29, 0.717) is 11.5 Å². The minimum atomic E-state index is 0.0882. The lowest BCUT2D eigenvalue weighted by molar-refractivity contribution is 0.0667. The maximum absolute atomic E-state index is 12.4. The van der Waals surface area contributed by atoms with Gasteiger partial charge in [-0.15, -0.1) is 0 Å². The van der Waals surface area contributed by atoms with Crippen molar-refractivity contribution >= 4 is 5.91 Å². The summed E-state index contributed by atoms with van der Waals surface area (Å²) >= 11 is 0. The second-order valence-electron chi connectivity index (χ2n) is 5.87. The Hall–Kier alpha value is -1.51. The average Bonchev–Trinajstić information content (AvgIpc) is 2.41. The van der Waals surface area contributed by atoms with Gasteiger partial charge >= 0.3 is 0 Å². The number of nitrogens with zero attached hydrogens (tertiary/aromatic N) is 1. The zero-order valence-corrected chi connectivity index (χ0v) is 12.0. The summed E-state index contributed by atoms with van der Waals surface area (Å²) in [6, 6.07) is 5.08. The number of rotatable bonds is 2. The summed E-state index contributed by atoms with van der Waals surface area (Å²) in [4.78, 5) is 14.3. The van der Waals surface area contributed by atoms with E-state index in [9.17, 15) is 9.90 Å². The third kappa shape index (κ3) is 3.09. The third-order valence-electron chi connectivity index (χ3n) is 4.21. The number of phenols is 1. The summed E-state index contributed by atoms with van der Waals surface area (Å²) < 4.78 is 0. The molecule has 1 aromatic carbocycles. The van der Waals surface area contributed by atoms with Crippen LogP contribution in [0.5, 0.6) is 5.75 Å². The van der Waals surface area contributed by atoms with Gasteiger partial charge in [0, 0.05) is 18.7 Å². The first-order valence-electron chi connectivity index (χ1n) is 7.08. The number of phenolic OH excluding ortho intramolecular Hbond substituents is 1. The molecule has 0 spiro atoms. The molecular weight excluding hydrogens is 238 g/mol. The molecule has 3 nitrogen and oxygen atoms in total. The van der Waals surface area contributed by atoms with Crippen LogP contribution in [-0.4, -0.2) is 29.0 Å². The van der Waals surface area contributed by atoms with Crippen LogP contribution in [0.3, 0.4) is 0 Å². The Kier molecular flexibility index (Phi) is 4.13. The smallest absolute Gasteiger partial charge is 0.253 e. The minimum absolute atomic E-state index is 0.0882. The van der Waals surface area contributed by atoms with E-state index in [-0.39, 0.29) is 11.7 Å². The fraction of sp³-hybridized carbons (Fsp3) is 0.562. The molecule has 0 radical (unpaired) electrons. The first-order chi connectivity index (χ1) is 8.99. The van der Waals surface area contributed by atoms with Crippen LogP contribution in [0.25, 0.3) is 0 Å². The van der Waals surface area contributed by atoms with Gasteiger partial charge in [-0.3, -0.25) is 4.79 Å². The number of amides is 1. The molecule has 1 amide bonds. The summed E-state index contributed by atoms with van der Waals surface area (Å²) in [7, 11) is 0. The van der Waals surface area contributed by atoms with E-state index in [1.165, 1.54) is 0 Å².